The molecule has 1 aliphatic rings. The molecule has 1 aromatic rings. The number of pyridine rings is 1. The zero-order valence-electron chi connectivity index (χ0n) is 17.5. The summed E-state index contributed by atoms with van der Waals surface area (Å²) in [7, 11) is 0.00770. The van der Waals surface area contributed by atoms with Crippen LogP contribution in [-0.4, -0.2) is 54.2 Å². The summed E-state index contributed by atoms with van der Waals surface area (Å²) < 4.78 is 39.1. The molecule has 0 spiro atoms. The lowest BCUT2D eigenvalue weighted by Gasteiger charge is -2.36. The van der Waals surface area contributed by atoms with E-state index in [0.29, 0.717) is 30.9 Å². The van der Waals surface area contributed by atoms with Crippen LogP contribution in [0.3, 0.4) is 0 Å². The Morgan fingerprint density at radius 2 is 1.83 bits per heavy atom. The Labute approximate surface area is 186 Å². The average Bonchev–Trinajstić information content (AvgIpc) is 2.59. The Hall–Kier alpha value is -0.510. The molecule has 0 saturated heterocycles. The van der Waals surface area contributed by atoms with Crippen molar-refractivity contribution in [2.45, 2.75) is 62.8 Å². The second-order valence-electron chi connectivity index (χ2n) is 8.39. The molecule has 0 aromatic carbocycles. The van der Waals surface area contributed by atoms with Crippen LogP contribution in [0.15, 0.2) is 18.5 Å². The zero-order valence-corrected chi connectivity index (χ0v) is 19.9. The quantitative estimate of drug-likeness (QED) is 0.604. The molecule has 1 heterocycles. The van der Waals surface area contributed by atoms with Gasteiger partial charge in [0.2, 0.25) is 10.0 Å². The van der Waals surface area contributed by atoms with Crippen molar-refractivity contribution in [2.75, 3.05) is 20.6 Å². The molecular formula is C19H34Cl2FN3O3S. The predicted molar refractivity (Wildman–Crippen MR) is 119 cm³/mol. The summed E-state index contributed by atoms with van der Waals surface area (Å²) in [6.07, 6.45) is 5.81. The largest absolute Gasteiger partial charge is 0.387 e. The number of aliphatic hydroxyl groups is 1. The van der Waals surface area contributed by atoms with Gasteiger partial charge in [0.05, 0.1) is 17.6 Å². The molecule has 2 rings (SSSR count). The second kappa shape index (κ2) is 11.8. The number of halogens is 3. The van der Waals surface area contributed by atoms with Gasteiger partial charge in [-0.1, -0.05) is 0 Å². The molecule has 0 aliphatic heterocycles. The summed E-state index contributed by atoms with van der Waals surface area (Å²) in [5.74, 6) is -0.00987. The molecule has 1 aromatic heterocycles. The molecule has 6 nitrogen and oxygen atoms in total. The highest BCUT2D eigenvalue weighted by atomic mass is 35.5. The van der Waals surface area contributed by atoms with E-state index in [4.69, 9.17) is 0 Å². The van der Waals surface area contributed by atoms with E-state index in [0.717, 1.165) is 25.5 Å². The molecule has 0 unspecified atom stereocenters. The minimum absolute atomic E-state index is 0. The van der Waals surface area contributed by atoms with E-state index in [-0.39, 0.29) is 35.6 Å². The first-order valence-corrected chi connectivity index (χ1v) is 11.0. The molecule has 1 atom stereocenters. The van der Waals surface area contributed by atoms with Crippen molar-refractivity contribution in [2.24, 2.45) is 5.92 Å². The molecule has 1 fully saturated rings. The smallest absolute Gasteiger partial charge is 0.216 e. The number of hydrogen-bond donors (Lipinski definition) is 2. The van der Waals surface area contributed by atoms with Crippen molar-refractivity contribution in [1.29, 1.82) is 0 Å². The first-order chi connectivity index (χ1) is 12.5. The lowest BCUT2D eigenvalue weighted by Crippen LogP contribution is -2.44. The maximum absolute atomic E-state index is 13.2. The second-order valence-corrected chi connectivity index (χ2v) is 10.8. The first-order valence-electron chi connectivity index (χ1n) is 9.46. The predicted octanol–water partition coefficient (Wildman–Crippen LogP) is 3.31. The van der Waals surface area contributed by atoms with Crippen molar-refractivity contribution in [3.05, 3.63) is 29.8 Å². The van der Waals surface area contributed by atoms with Gasteiger partial charge in [-0.3, -0.25) is 4.98 Å². The van der Waals surface area contributed by atoms with Crippen molar-refractivity contribution >= 4 is 34.8 Å². The van der Waals surface area contributed by atoms with Crippen molar-refractivity contribution < 1.29 is 17.9 Å². The molecule has 0 radical (unpaired) electrons. The van der Waals surface area contributed by atoms with Gasteiger partial charge >= 0.3 is 0 Å². The van der Waals surface area contributed by atoms with E-state index >= 15 is 0 Å². The van der Waals surface area contributed by atoms with Gasteiger partial charge in [0.1, 0.15) is 5.82 Å². The zero-order chi connectivity index (χ0) is 20.2. The van der Waals surface area contributed by atoms with Crippen molar-refractivity contribution in [3.8, 4) is 0 Å². The molecule has 2 N–H and O–H groups in total. The van der Waals surface area contributed by atoms with Crippen LogP contribution in [0.4, 0.5) is 4.39 Å². The maximum Gasteiger partial charge on any atom is 0.216 e. The Morgan fingerprint density at radius 3 is 2.34 bits per heavy atom. The molecule has 1 saturated carbocycles. The number of β-amino-alcohol motifs (C(OH)–C–C–N with tert-alkyl or cyclic N) is 1. The van der Waals surface area contributed by atoms with Gasteiger partial charge in [0.15, 0.2) is 0 Å². The average molecular weight is 474 g/mol. The minimum atomic E-state index is -3.17. The Morgan fingerprint density at radius 1 is 1.24 bits per heavy atom. The van der Waals surface area contributed by atoms with Gasteiger partial charge in [-0.15, -0.1) is 24.8 Å². The molecular weight excluding hydrogens is 440 g/mol. The summed E-state index contributed by atoms with van der Waals surface area (Å²) >= 11 is 0. The standard InChI is InChI=1S/C19H32FN3O3S.2ClH/c1-19(2,22-13-18(24)15-9-16(20)12-21-11-15)10-14-5-7-17(8-6-14)27(25,26)23(3)4;;/h9,11-12,14,17-18,22,24H,5-8,10,13H2,1-4H3;2*1H/t14?,17?,18-;;/m0../s1. The lowest BCUT2D eigenvalue weighted by molar-refractivity contribution is 0.150. The fourth-order valence-electron chi connectivity index (χ4n) is 3.83. The third-order valence-corrected chi connectivity index (χ3v) is 7.74. The van der Waals surface area contributed by atoms with Gasteiger partial charge in [0.25, 0.3) is 0 Å². The SMILES string of the molecule is CN(C)S(=O)(=O)C1CCC(CC(C)(C)NC[C@H](O)c2cncc(F)c2)CC1.Cl.Cl. The summed E-state index contributed by atoms with van der Waals surface area (Å²) in [6, 6.07) is 1.29. The van der Waals surface area contributed by atoms with Crippen LogP contribution < -0.4 is 5.32 Å². The summed E-state index contributed by atoms with van der Waals surface area (Å²) in [5.41, 5.74) is 0.243. The van der Waals surface area contributed by atoms with Crippen LogP contribution in [-0.2, 0) is 10.0 Å². The highest BCUT2D eigenvalue weighted by Gasteiger charge is 2.34. The third kappa shape index (κ3) is 8.26. The highest BCUT2D eigenvalue weighted by molar-refractivity contribution is 7.89. The van der Waals surface area contributed by atoms with Crippen LogP contribution in [0.25, 0.3) is 0 Å². The van der Waals surface area contributed by atoms with Crippen LogP contribution in [0.2, 0.25) is 0 Å². The van der Waals surface area contributed by atoms with Crippen LogP contribution in [0, 0.1) is 11.7 Å². The van der Waals surface area contributed by atoms with Crippen LogP contribution in [0.5, 0.6) is 0 Å². The number of nitrogens with one attached hydrogen (secondary N) is 1. The molecule has 0 bridgehead atoms. The Kier molecular flexibility index (Phi) is 11.6. The van der Waals surface area contributed by atoms with Crippen molar-refractivity contribution in [1.82, 2.24) is 14.6 Å². The number of sulfonamides is 1. The van der Waals surface area contributed by atoms with E-state index in [1.807, 2.05) is 0 Å². The molecule has 1 aliphatic carbocycles. The summed E-state index contributed by atoms with van der Waals surface area (Å²) in [5, 5.41) is 13.3. The number of rotatable bonds is 8. The number of hydrogen-bond acceptors (Lipinski definition) is 5. The lowest BCUT2D eigenvalue weighted by atomic mass is 9.80. The molecule has 29 heavy (non-hydrogen) atoms. The number of aromatic nitrogens is 1. The van der Waals surface area contributed by atoms with Gasteiger partial charge in [-0.05, 0) is 57.9 Å². The van der Waals surface area contributed by atoms with E-state index in [2.05, 4.69) is 24.1 Å². The number of nitrogens with zero attached hydrogens (tertiary/aromatic N) is 2. The highest BCUT2D eigenvalue weighted by Crippen LogP contribution is 2.34. The van der Waals surface area contributed by atoms with Crippen LogP contribution >= 0.6 is 24.8 Å². The third-order valence-electron chi connectivity index (χ3n) is 5.41. The van der Waals surface area contributed by atoms with E-state index in [1.165, 1.54) is 16.6 Å². The monoisotopic (exact) mass is 473 g/mol. The number of aliphatic hydroxyl groups excluding tert-OH is 1. The fraction of sp³-hybridized carbons (Fsp3) is 0.737. The van der Waals surface area contributed by atoms with Gasteiger partial charge in [0, 0.05) is 37.9 Å². The topological polar surface area (TPSA) is 82.5 Å². The van der Waals surface area contributed by atoms with E-state index < -0.39 is 21.9 Å². The maximum atomic E-state index is 13.2. The van der Waals surface area contributed by atoms with E-state index in [9.17, 15) is 17.9 Å². The summed E-state index contributed by atoms with van der Waals surface area (Å²) in [4.78, 5) is 3.77. The minimum Gasteiger partial charge on any atom is -0.387 e. The Balaban J connectivity index is 0.00000392. The normalized spacial score (nSPS) is 21.2. The van der Waals surface area contributed by atoms with Crippen molar-refractivity contribution in [3.63, 3.8) is 0 Å². The molecule has 10 heteroatoms. The first kappa shape index (κ1) is 28.5. The summed E-state index contributed by atoms with van der Waals surface area (Å²) in [6.45, 7) is 4.46. The van der Waals surface area contributed by atoms with Gasteiger partial charge in [-0.2, -0.15) is 0 Å². The van der Waals surface area contributed by atoms with E-state index in [1.54, 1.807) is 14.1 Å². The molecule has 0 amide bonds. The molecule has 170 valence electrons. The Bertz CT molecular complexity index is 727. The fourth-order valence-corrected chi connectivity index (χ4v) is 5.29. The van der Waals surface area contributed by atoms with Gasteiger partial charge in [-0.25, -0.2) is 17.1 Å². The van der Waals surface area contributed by atoms with Gasteiger partial charge < -0.3 is 10.4 Å². The van der Waals surface area contributed by atoms with Crippen LogP contribution in [0.1, 0.15) is 57.6 Å².